The molecule has 0 aliphatic heterocycles. The van der Waals surface area contributed by atoms with Gasteiger partial charge in [0.25, 0.3) is 0 Å². The van der Waals surface area contributed by atoms with Gasteiger partial charge in [0.1, 0.15) is 11.5 Å². The van der Waals surface area contributed by atoms with Gasteiger partial charge < -0.3 is 5.73 Å². The number of halogens is 1. The van der Waals surface area contributed by atoms with Gasteiger partial charge in [0.2, 0.25) is 0 Å². The Hall–Kier alpha value is -1.36. The SMILES string of the molecule is Cn1nc(-c2cccnc2)c(Br)c1N. The van der Waals surface area contributed by atoms with E-state index in [-0.39, 0.29) is 0 Å². The Kier molecular flexibility index (Phi) is 2.25. The van der Waals surface area contributed by atoms with Crippen LogP contribution in [0, 0.1) is 0 Å². The van der Waals surface area contributed by atoms with Gasteiger partial charge >= 0.3 is 0 Å². The van der Waals surface area contributed by atoms with Crippen LogP contribution in [0.3, 0.4) is 0 Å². The second kappa shape index (κ2) is 3.42. The van der Waals surface area contributed by atoms with E-state index in [1.807, 2.05) is 12.1 Å². The van der Waals surface area contributed by atoms with Crippen LogP contribution in [-0.2, 0) is 7.05 Å². The number of aryl methyl sites for hydroxylation is 1. The fourth-order valence-corrected chi connectivity index (χ4v) is 1.76. The van der Waals surface area contributed by atoms with Crippen molar-refractivity contribution in [3.8, 4) is 11.3 Å². The Bertz CT molecular complexity index is 449. The first-order valence-corrected chi connectivity index (χ1v) is 4.88. The summed E-state index contributed by atoms with van der Waals surface area (Å²) in [6.45, 7) is 0. The first kappa shape index (κ1) is 9.21. The van der Waals surface area contributed by atoms with Crippen LogP contribution < -0.4 is 5.73 Å². The summed E-state index contributed by atoms with van der Waals surface area (Å²) in [4.78, 5) is 4.03. The summed E-state index contributed by atoms with van der Waals surface area (Å²) < 4.78 is 2.44. The molecule has 0 saturated carbocycles. The molecule has 0 saturated heterocycles. The van der Waals surface area contributed by atoms with Crippen molar-refractivity contribution in [2.75, 3.05) is 5.73 Å². The lowest BCUT2D eigenvalue weighted by atomic mass is 10.2. The number of pyridine rings is 1. The van der Waals surface area contributed by atoms with Crippen LogP contribution >= 0.6 is 15.9 Å². The van der Waals surface area contributed by atoms with E-state index in [1.54, 1.807) is 24.1 Å². The van der Waals surface area contributed by atoms with Gasteiger partial charge in [-0.3, -0.25) is 9.67 Å². The molecule has 0 atom stereocenters. The molecule has 14 heavy (non-hydrogen) atoms. The van der Waals surface area contributed by atoms with Crippen LogP contribution in [0.2, 0.25) is 0 Å². The molecule has 2 N–H and O–H groups in total. The highest BCUT2D eigenvalue weighted by Crippen LogP contribution is 2.30. The molecule has 0 fully saturated rings. The lowest BCUT2D eigenvalue weighted by molar-refractivity contribution is 0.782. The molecule has 2 heterocycles. The molecule has 0 radical (unpaired) electrons. The minimum absolute atomic E-state index is 0.615. The summed E-state index contributed by atoms with van der Waals surface area (Å²) in [5.41, 5.74) is 7.54. The molecule has 0 spiro atoms. The zero-order chi connectivity index (χ0) is 10.1. The van der Waals surface area contributed by atoms with Gasteiger partial charge in [-0.05, 0) is 28.1 Å². The smallest absolute Gasteiger partial charge is 0.136 e. The minimum atomic E-state index is 0.615. The van der Waals surface area contributed by atoms with Crippen molar-refractivity contribution in [1.82, 2.24) is 14.8 Å². The molecular formula is C9H9BrN4. The fraction of sp³-hybridized carbons (Fsp3) is 0.111. The lowest BCUT2D eigenvalue weighted by Crippen LogP contribution is -1.97. The Balaban J connectivity index is 2.58. The standard InChI is InChI=1S/C9H9BrN4/c1-14-9(11)7(10)8(13-14)6-3-2-4-12-5-6/h2-5H,11H2,1H3. The van der Waals surface area contributed by atoms with Crippen LogP contribution in [0.15, 0.2) is 29.0 Å². The summed E-state index contributed by atoms with van der Waals surface area (Å²) in [6, 6.07) is 3.81. The van der Waals surface area contributed by atoms with Gasteiger partial charge in [-0.15, -0.1) is 0 Å². The lowest BCUT2D eigenvalue weighted by Gasteiger charge is -1.94. The number of nitrogens with zero attached hydrogens (tertiary/aromatic N) is 3. The quantitative estimate of drug-likeness (QED) is 0.843. The maximum Gasteiger partial charge on any atom is 0.136 e. The number of nitrogens with two attached hydrogens (primary N) is 1. The average molecular weight is 253 g/mol. The van der Waals surface area contributed by atoms with Crippen LogP contribution in [0.25, 0.3) is 11.3 Å². The molecule has 0 aliphatic carbocycles. The zero-order valence-electron chi connectivity index (χ0n) is 7.61. The predicted molar refractivity (Wildman–Crippen MR) is 58.6 cm³/mol. The van der Waals surface area contributed by atoms with Crippen molar-refractivity contribution < 1.29 is 0 Å². The van der Waals surface area contributed by atoms with Crippen LogP contribution in [0.5, 0.6) is 0 Å². The predicted octanol–water partition coefficient (Wildman–Crippen LogP) is 1.83. The number of hydrogen-bond donors (Lipinski definition) is 1. The molecule has 2 aromatic heterocycles. The highest BCUT2D eigenvalue weighted by atomic mass is 79.9. The van der Waals surface area contributed by atoms with Gasteiger partial charge in [0, 0.05) is 25.0 Å². The molecule has 5 heteroatoms. The van der Waals surface area contributed by atoms with E-state index in [0.717, 1.165) is 15.7 Å². The monoisotopic (exact) mass is 252 g/mol. The van der Waals surface area contributed by atoms with E-state index in [1.165, 1.54) is 0 Å². The van der Waals surface area contributed by atoms with Crippen molar-refractivity contribution in [3.63, 3.8) is 0 Å². The molecule has 0 bridgehead atoms. The highest BCUT2D eigenvalue weighted by molar-refractivity contribution is 9.10. The van der Waals surface area contributed by atoms with E-state index in [9.17, 15) is 0 Å². The van der Waals surface area contributed by atoms with Crippen molar-refractivity contribution in [3.05, 3.63) is 29.0 Å². The van der Waals surface area contributed by atoms with E-state index in [4.69, 9.17) is 5.73 Å². The summed E-state index contributed by atoms with van der Waals surface area (Å²) >= 11 is 3.40. The minimum Gasteiger partial charge on any atom is -0.383 e. The second-order valence-electron chi connectivity index (χ2n) is 2.91. The molecule has 0 aliphatic rings. The number of anilines is 1. The summed E-state index contributed by atoms with van der Waals surface area (Å²) in [6.07, 6.45) is 3.48. The van der Waals surface area contributed by atoms with E-state index < -0.39 is 0 Å². The molecule has 2 rings (SSSR count). The summed E-state index contributed by atoms with van der Waals surface area (Å²) in [5.74, 6) is 0.615. The van der Waals surface area contributed by atoms with Crippen molar-refractivity contribution in [1.29, 1.82) is 0 Å². The largest absolute Gasteiger partial charge is 0.383 e. The highest BCUT2D eigenvalue weighted by Gasteiger charge is 2.12. The number of nitrogen functional groups attached to an aromatic ring is 1. The first-order valence-electron chi connectivity index (χ1n) is 4.08. The topological polar surface area (TPSA) is 56.7 Å². The molecule has 0 aromatic carbocycles. The van der Waals surface area contributed by atoms with Crippen LogP contribution in [0.4, 0.5) is 5.82 Å². The van der Waals surface area contributed by atoms with Crippen molar-refractivity contribution in [2.24, 2.45) is 7.05 Å². The van der Waals surface area contributed by atoms with Gasteiger partial charge in [0.15, 0.2) is 0 Å². The van der Waals surface area contributed by atoms with Gasteiger partial charge in [-0.25, -0.2) is 0 Å². The third-order valence-corrected chi connectivity index (χ3v) is 2.75. The van der Waals surface area contributed by atoms with Gasteiger partial charge in [-0.1, -0.05) is 0 Å². The Morgan fingerprint density at radius 1 is 1.50 bits per heavy atom. The average Bonchev–Trinajstić information content (AvgIpc) is 2.47. The van der Waals surface area contributed by atoms with Gasteiger partial charge in [-0.2, -0.15) is 5.10 Å². The van der Waals surface area contributed by atoms with Crippen LogP contribution in [0.1, 0.15) is 0 Å². The Morgan fingerprint density at radius 2 is 2.29 bits per heavy atom. The zero-order valence-corrected chi connectivity index (χ0v) is 9.19. The van der Waals surface area contributed by atoms with E-state index in [0.29, 0.717) is 5.82 Å². The number of aromatic nitrogens is 3. The molecule has 72 valence electrons. The third-order valence-electron chi connectivity index (χ3n) is 1.97. The maximum atomic E-state index is 5.77. The normalized spacial score (nSPS) is 10.4. The number of hydrogen-bond acceptors (Lipinski definition) is 3. The molecule has 4 nitrogen and oxygen atoms in total. The Morgan fingerprint density at radius 3 is 2.79 bits per heavy atom. The molecule has 0 amide bonds. The number of rotatable bonds is 1. The van der Waals surface area contributed by atoms with E-state index >= 15 is 0 Å². The summed E-state index contributed by atoms with van der Waals surface area (Å²) in [7, 11) is 1.81. The Labute approximate surface area is 89.9 Å². The van der Waals surface area contributed by atoms with E-state index in [2.05, 4.69) is 26.0 Å². The third kappa shape index (κ3) is 1.39. The maximum absolute atomic E-state index is 5.77. The fourth-order valence-electron chi connectivity index (χ4n) is 1.20. The second-order valence-corrected chi connectivity index (χ2v) is 3.71. The molecular weight excluding hydrogens is 244 g/mol. The molecule has 0 unspecified atom stereocenters. The van der Waals surface area contributed by atoms with Crippen molar-refractivity contribution in [2.45, 2.75) is 0 Å². The van der Waals surface area contributed by atoms with Crippen LogP contribution in [-0.4, -0.2) is 14.8 Å². The molecule has 2 aromatic rings. The first-order chi connectivity index (χ1) is 6.70. The van der Waals surface area contributed by atoms with Crippen molar-refractivity contribution >= 4 is 21.7 Å². The summed E-state index contributed by atoms with van der Waals surface area (Å²) in [5, 5.41) is 4.28. The van der Waals surface area contributed by atoms with Gasteiger partial charge in [0.05, 0.1) is 4.47 Å².